The number of aliphatic imine (C=N–C) groups is 1. The third-order valence-electron chi connectivity index (χ3n) is 4.22. The van der Waals surface area contributed by atoms with Crippen LogP contribution in [0.1, 0.15) is 16.7 Å². The minimum Gasteiger partial charge on any atom is -0.507 e. The molecule has 0 unspecified atom stereocenters. The molecule has 0 radical (unpaired) electrons. The molecule has 0 atom stereocenters. The summed E-state index contributed by atoms with van der Waals surface area (Å²) in [6.07, 6.45) is 2.46. The minimum absolute atomic E-state index is 0.0643. The van der Waals surface area contributed by atoms with Crippen LogP contribution >= 0.6 is 0 Å². The standard InChI is InChI=1S/C22H21N3O3/c26-22-11-6-18(14-17-4-2-1-3-5-17)15-19(22)16-23-12-13-24-20-7-9-21(10-8-20)25(27)28/h1-11,15-16,24,26H,12-14H2. The van der Waals surface area contributed by atoms with Gasteiger partial charge in [-0.15, -0.1) is 0 Å². The van der Waals surface area contributed by atoms with E-state index in [1.54, 1.807) is 24.4 Å². The van der Waals surface area contributed by atoms with Gasteiger partial charge >= 0.3 is 0 Å². The molecule has 3 rings (SSSR count). The molecule has 3 aromatic carbocycles. The average molecular weight is 375 g/mol. The maximum Gasteiger partial charge on any atom is 0.269 e. The summed E-state index contributed by atoms with van der Waals surface area (Å²) >= 11 is 0. The van der Waals surface area contributed by atoms with Gasteiger partial charge in [0.25, 0.3) is 5.69 Å². The van der Waals surface area contributed by atoms with Crippen molar-refractivity contribution in [3.05, 3.63) is 99.6 Å². The fraction of sp³-hybridized carbons (Fsp3) is 0.136. The number of hydrogen-bond acceptors (Lipinski definition) is 5. The quantitative estimate of drug-likeness (QED) is 0.264. The lowest BCUT2D eigenvalue weighted by Crippen LogP contribution is -2.05. The fourth-order valence-electron chi connectivity index (χ4n) is 2.78. The van der Waals surface area contributed by atoms with Crippen molar-refractivity contribution in [2.24, 2.45) is 4.99 Å². The van der Waals surface area contributed by atoms with E-state index in [1.807, 2.05) is 30.3 Å². The van der Waals surface area contributed by atoms with Crippen LogP contribution in [0.2, 0.25) is 0 Å². The molecular weight excluding hydrogens is 354 g/mol. The molecule has 3 aromatic rings. The molecule has 0 saturated carbocycles. The number of rotatable bonds is 8. The first kappa shape index (κ1) is 19.1. The van der Waals surface area contributed by atoms with Crippen molar-refractivity contribution in [3.63, 3.8) is 0 Å². The lowest BCUT2D eigenvalue weighted by molar-refractivity contribution is -0.384. The number of benzene rings is 3. The Kier molecular flexibility index (Phi) is 6.36. The summed E-state index contributed by atoms with van der Waals surface area (Å²) in [5, 5.41) is 23.8. The predicted octanol–water partition coefficient (Wildman–Crippen LogP) is 4.42. The average Bonchev–Trinajstić information content (AvgIpc) is 2.71. The molecule has 142 valence electrons. The lowest BCUT2D eigenvalue weighted by Gasteiger charge is -2.06. The highest BCUT2D eigenvalue weighted by atomic mass is 16.6. The zero-order valence-corrected chi connectivity index (χ0v) is 15.3. The smallest absolute Gasteiger partial charge is 0.269 e. The van der Waals surface area contributed by atoms with Gasteiger partial charge in [-0.3, -0.25) is 15.1 Å². The summed E-state index contributed by atoms with van der Waals surface area (Å²) in [5.41, 5.74) is 3.87. The molecule has 0 bridgehead atoms. The summed E-state index contributed by atoms with van der Waals surface area (Å²) < 4.78 is 0. The van der Waals surface area contributed by atoms with Crippen LogP contribution in [0.15, 0.2) is 77.8 Å². The van der Waals surface area contributed by atoms with Crippen molar-refractivity contribution in [3.8, 4) is 5.75 Å². The minimum atomic E-state index is -0.424. The molecule has 0 aliphatic carbocycles. The summed E-state index contributed by atoms with van der Waals surface area (Å²) in [7, 11) is 0. The Balaban J connectivity index is 1.53. The number of aromatic hydroxyl groups is 1. The Hall–Kier alpha value is -3.67. The molecular formula is C22H21N3O3. The van der Waals surface area contributed by atoms with Crippen LogP contribution in [-0.4, -0.2) is 29.3 Å². The van der Waals surface area contributed by atoms with Crippen LogP contribution in [0.5, 0.6) is 5.75 Å². The maximum absolute atomic E-state index is 10.6. The first-order valence-corrected chi connectivity index (χ1v) is 8.96. The first-order valence-electron chi connectivity index (χ1n) is 8.96. The van der Waals surface area contributed by atoms with Crippen molar-refractivity contribution in [1.29, 1.82) is 0 Å². The highest BCUT2D eigenvalue weighted by Crippen LogP contribution is 2.19. The van der Waals surface area contributed by atoms with Gasteiger partial charge in [-0.1, -0.05) is 36.4 Å². The summed E-state index contributed by atoms with van der Waals surface area (Å²) in [5.74, 6) is 0.198. The second kappa shape index (κ2) is 9.32. The second-order valence-electron chi connectivity index (χ2n) is 6.32. The van der Waals surface area contributed by atoms with Crippen molar-refractivity contribution in [2.75, 3.05) is 18.4 Å². The number of nitro benzene ring substituents is 1. The van der Waals surface area contributed by atoms with E-state index in [0.29, 0.717) is 18.7 Å². The van der Waals surface area contributed by atoms with Crippen LogP contribution in [0.4, 0.5) is 11.4 Å². The van der Waals surface area contributed by atoms with E-state index in [0.717, 1.165) is 17.7 Å². The van der Waals surface area contributed by atoms with Gasteiger partial charge in [-0.05, 0) is 41.8 Å². The van der Waals surface area contributed by atoms with Gasteiger partial charge in [0.15, 0.2) is 0 Å². The van der Waals surface area contributed by atoms with Crippen LogP contribution in [0.25, 0.3) is 0 Å². The largest absolute Gasteiger partial charge is 0.507 e. The Labute approximate surface area is 163 Å². The van der Waals surface area contributed by atoms with Crippen molar-refractivity contribution < 1.29 is 10.0 Å². The molecule has 6 heteroatoms. The van der Waals surface area contributed by atoms with E-state index >= 15 is 0 Å². The van der Waals surface area contributed by atoms with Crippen LogP contribution in [0.3, 0.4) is 0 Å². The number of anilines is 1. The van der Waals surface area contributed by atoms with E-state index < -0.39 is 4.92 Å². The first-order chi connectivity index (χ1) is 13.6. The lowest BCUT2D eigenvalue weighted by atomic mass is 10.0. The normalized spacial score (nSPS) is 10.9. The summed E-state index contributed by atoms with van der Waals surface area (Å²) in [4.78, 5) is 14.6. The van der Waals surface area contributed by atoms with E-state index in [-0.39, 0.29) is 11.4 Å². The van der Waals surface area contributed by atoms with E-state index in [9.17, 15) is 15.2 Å². The van der Waals surface area contributed by atoms with Gasteiger partial charge in [0.1, 0.15) is 5.75 Å². The molecule has 6 nitrogen and oxygen atoms in total. The summed E-state index contributed by atoms with van der Waals surface area (Å²) in [6.45, 7) is 1.10. The van der Waals surface area contributed by atoms with E-state index in [4.69, 9.17) is 0 Å². The topological polar surface area (TPSA) is 87.8 Å². The SMILES string of the molecule is O=[N+]([O-])c1ccc(NCCN=Cc2cc(Cc3ccccc3)ccc2O)cc1. The number of nitro groups is 1. The number of phenols is 1. The third kappa shape index (κ3) is 5.41. The molecule has 0 fully saturated rings. The van der Waals surface area contributed by atoms with Crippen LogP contribution in [-0.2, 0) is 6.42 Å². The maximum atomic E-state index is 10.6. The Morgan fingerprint density at radius 2 is 1.75 bits per heavy atom. The summed E-state index contributed by atoms with van der Waals surface area (Å²) in [6, 6.07) is 22.0. The van der Waals surface area contributed by atoms with Crippen LogP contribution in [0, 0.1) is 10.1 Å². The van der Waals surface area contributed by atoms with Crippen molar-refractivity contribution in [2.45, 2.75) is 6.42 Å². The molecule has 0 spiro atoms. The van der Waals surface area contributed by atoms with Gasteiger partial charge in [0, 0.05) is 36.1 Å². The molecule has 0 aromatic heterocycles. The van der Waals surface area contributed by atoms with Crippen molar-refractivity contribution >= 4 is 17.6 Å². The number of nitrogens with zero attached hydrogens (tertiary/aromatic N) is 2. The van der Waals surface area contributed by atoms with Gasteiger partial charge in [0.05, 0.1) is 11.5 Å². The highest BCUT2D eigenvalue weighted by molar-refractivity contribution is 5.83. The van der Waals surface area contributed by atoms with Gasteiger partial charge in [0.2, 0.25) is 0 Å². The molecule has 28 heavy (non-hydrogen) atoms. The predicted molar refractivity (Wildman–Crippen MR) is 111 cm³/mol. The Morgan fingerprint density at radius 1 is 1.00 bits per heavy atom. The zero-order chi connectivity index (χ0) is 19.8. The van der Waals surface area contributed by atoms with Gasteiger partial charge in [-0.25, -0.2) is 0 Å². The molecule has 0 amide bonds. The van der Waals surface area contributed by atoms with Gasteiger partial charge in [-0.2, -0.15) is 0 Å². The number of hydrogen-bond donors (Lipinski definition) is 2. The highest BCUT2D eigenvalue weighted by Gasteiger charge is 2.04. The Bertz CT molecular complexity index is 955. The van der Waals surface area contributed by atoms with E-state index in [2.05, 4.69) is 22.4 Å². The van der Waals surface area contributed by atoms with Crippen LogP contribution < -0.4 is 5.32 Å². The Morgan fingerprint density at radius 3 is 2.46 bits per heavy atom. The fourth-order valence-corrected chi connectivity index (χ4v) is 2.78. The van der Waals surface area contributed by atoms with Crippen molar-refractivity contribution in [1.82, 2.24) is 0 Å². The third-order valence-corrected chi connectivity index (χ3v) is 4.22. The number of nitrogens with one attached hydrogen (secondary N) is 1. The second-order valence-corrected chi connectivity index (χ2v) is 6.32. The van der Waals surface area contributed by atoms with Gasteiger partial charge < -0.3 is 10.4 Å². The van der Waals surface area contributed by atoms with E-state index in [1.165, 1.54) is 17.7 Å². The molecule has 2 N–H and O–H groups in total. The molecule has 0 heterocycles. The molecule has 0 saturated heterocycles. The zero-order valence-electron chi connectivity index (χ0n) is 15.3. The molecule has 0 aliphatic heterocycles. The monoisotopic (exact) mass is 375 g/mol. The number of non-ortho nitro benzene ring substituents is 1. The number of phenolic OH excluding ortho intramolecular Hbond substituents is 1. The molecule has 0 aliphatic rings.